The molecule has 1 aliphatic rings. The lowest BCUT2D eigenvalue weighted by molar-refractivity contribution is 0.0234. The Labute approximate surface area is 215 Å². The third-order valence-corrected chi connectivity index (χ3v) is 6.55. The highest BCUT2D eigenvalue weighted by Gasteiger charge is 2.29. The largest absolute Gasteiger partial charge is 0.444 e. The predicted octanol–water partition coefficient (Wildman–Crippen LogP) is 5.53. The molecule has 4 rings (SSSR count). The highest BCUT2D eigenvalue weighted by Crippen LogP contribution is 2.33. The van der Waals surface area contributed by atoms with Crippen LogP contribution in [0.5, 0.6) is 0 Å². The molecule has 2 amide bonds. The Hall–Kier alpha value is -3.49. The Bertz CT molecular complexity index is 1310. The quantitative estimate of drug-likeness (QED) is 0.499. The van der Waals surface area contributed by atoms with E-state index in [0.29, 0.717) is 30.9 Å². The molecule has 0 aliphatic carbocycles. The second-order valence-electron chi connectivity index (χ2n) is 10.7. The fourth-order valence-corrected chi connectivity index (χ4v) is 4.83. The van der Waals surface area contributed by atoms with Crippen molar-refractivity contribution in [2.75, 3.05) is 20.1 Å². The number of ether oxygens (including phenoxy) is 1. The van der Waals surface area contributed by atoms with Crippen molar-refractivity contribution in [3.8, 4) is 11.3 Å². The summed E-state index contributed by atoms with van der Waals surface area (Å²) in [5, 5.41) is 2.39. The molecule has 0 spiro atoms. The summed E-state index contributed by atoms with van der Waals surface area (Å²) in [6, 6.07) is 5.85. The summed E-state index contributed by atoms with van der Waals surface area (Å²) in [7, 11) is 1.40. The van der Waals surface area contributed by atoms with Crippen LogP contribution in [0, 0.1) is 24.5 Å². The number of fused-ring (bicyclic) bond motifs is 1. The van der Waals surface area contributed by atoms with Gasteiger partial charge in [-0.3, -0.25) is 4.79 Å². The molecule has 9 heteroatoms. The molecular formula is C28H34F2N4O3. The first-order valence-corrected chi connectivity index (χ1v) is 12.6. The number of amides is 2. The molecule has 0 bridgehead atoms. The van der Waals surface area contributed by atoms with Crippen molar-refractivity contribution in [2.24, 2.45) is 5.92 Å². The van der Waals surface area contributed by atoms with E-state index in [1.54, 1.807) is 4.90 Å². The number of halogens is 2. The van der Waals surface area contributed by atoms with E-state index in [-0.39, 0.29) is 28.8 Å². The van der Waals surface area contributed by atoms with Crippen molar-refractivity contribution in [1.29, 1.82) is 0 Å². The number of carbonyl (C=O) groups is 2. The van der Waals surface area contributed by atoms with Gasteiger partial charge in [0.15, 0.2) is 0 Å². The van der Waals surface area contributed by atoms with Crippen LogP contribution in [-0.2, 0) is 11.2 Å². The zero-order valence-corrected chi connectivity index (χ0v) is 22.0. The fourth-order valence-electron chi connectivity index (χ4n) is 4.83. The molecule has 3 heterocycles. The number of imidazole rings is 1. The van der Waals surface area contributed by atoms with Gasteiger partial charge in [0.2, 0.25) is 0 Å². The number of aromatic nitrogens is 2. The van der Waals surface area contributed by atoms with Gasteiger partial charge in [-0.1, -0.05) is 6.42 Å². The lowest BCUT2D eigenvalue weighted by atomic mass is 9.95. The Morgan fingerprint density at radius 2 is 1.86 bits per heavy atom. The topological polar surface area (TPSA) is 75.9 Å². The van der Waals surface area contributed by atoms with Crippen molar-refractivity contribution in [3.63, 3.8) is 0 Å². The lowest BCUT2D eigenvalue weighted by Gasteiger charge is -2.28. The summed E-state index contributed by atoms with van der Waals surface area (Å²) < 4.78 is 38.1. The van der Waals surface area contributed by atoms with Crippen molar-refractivity contribution in [1.82, 2.24) is 19.6 Å². The molecule has 3 aromatic rings. The van der Waals surface area contributed by atoms with Gasteiger partial charge in [-0.2, -0.15) is 0 Å². The summed E-state index contributed by atoms with van der Waals surface area (Å²) >= 11 is 0. The van der Waals surface area contributed by atoms with E-state index in [9.17, 15) is 9.59 Å². The van der Waals surface area contributed by atoms with Crippen molar-refractivity contribution < 1.29 is 23.1 Å². The number of aryl methyl sites for hydroxylation is 1. The van der Waals surface area contributed by atoms with Crippen LogP contribution in [0.3, 0.4) is 0 Å². The molecule has 1 saturated heterocycles. The van der Waals surface area contributed by atoms with E-state index in [0.717, 1.165) is 37.0 Å². The van der Waals surface area contributed by atoms with Crippen LogP contribution in [0.2, 0.25) is 0 Å². The average molecular weight is 513 g/mol. The number of nitrogens with one attached hydrogen (secondary N) is 1. The van der Waals surface area contributed by atoms with Crippen LogP contribution in [0.4, 0.5) is 13.6 Å². The van der Waals surface area contributed by atoms with Crippen LogP contribution in [-0.4, -0.2) is 52.0 Å². The normalized spacial score (nSPS) is 16.5. The highest BCUT2D eigenvalue weighted by molar-refractivity contribution is 5.94. The molecule has 1 aliphatic heterocycles. The van der Waals surface area contributed by atoms with Gasteiger partial charge < -0.3 is 19.4 Å². The van der Waals surface area contributed by atoms with Crippen LogP contribution in [0.1, 0.15) is 61.6 Å². The molecular weight excluding hydrogens is 478 g/mol. The number of rotatable bonds is 4. The first-order chi connectivity index (χ1) is 17.5. The maximum absolute atomic E-state index is 15.3. The Balaban J connectivity index is 1.74. The average Bonchev–Trinajstić information content (AvgIpc) is 2.98. The van der Waals surface area contributed by atoms with Gasteiger partial charge in [-0.25, -0.2) is 18.6 Å². The third kappa shape index (κ3) is 5.92. The minimum atomic E-state index is -0.851. The maximum atomic E-state index is 15.3. The summed E-state index contributed by atoms with van der Waals surface area (Å²) in [5.41, 5.74) is 1.46. The number of nitrogens with zero attached hydrogens (tertiary/aromatic N) is 3. The smallest absolute Gasteiger partial charge is 0.410 e. The Morgan fingerprint density at radius 3 is 2.51 bits per heavy atom. The second kappa shape index (κ2) is 10.5. The van der Waals surface area contributed by atoms with Gasteiger partial charge >= 0.3 is 6.09 Å². The zero-order valence-electron chi connectivity index (χ0n) is 22.0. The summed E-state index contributed by atoms with van der Waals surface area (Å²) in [4.78, 5) is 31.1. The number of benzene rings is 1. The predicted molar refractivity (Wildman–Crippen MR) is 138 cm³/mol. The van der Waals surface area contributed by atoms with E-state index in [1.807, 2.05) is 50.4 Å². The van der Waals surface area contributed by atoms with E-state index in [1.165, 1.54) is 7.05 Å². The standard InChI is InChI=1S/C28H34F2N4O3/c1-17-9-11-34-22(13-18-8-6-7-10-33(16-18)27(36)37-28(2,3)4)25(32-23(34)12-17)24-20(29)14-19(15-21(24)30)26(35)31-5/h9,11-12,14-15,18H,6-8,10,13,16H2,1-5H3,(H,31,35). The third-order valence-electron chi connectivity index (χ3n) is 6.55. The maximum Gasteiger partial charge on any atom is 0.410 e. The number of likely N-dealkylation sites (tertiary alicyclic amines) is 1. The van der Waals surface area contributed by atoms with Gasteiger partial charge in [0.05, 0.1) is 17.0 Å². The minimum absolute atomic E-state index is 0.0474. The lowest BCUT2D eigenvalue weighted by Crippen LogP contribution is -2.39. The number of hydrogen-bond donors (Lipinski definition) is 1. The first kappa shape index (κ1) is 26.6. The molecule has 2 aromatic heterocycles. The molecule has 1 unspecified atom stereocenters. The number of hydrogen-bond acceptors (Lipinski definition) is 4. The molecule has 198 valence electrons. The van der Waals surface area contributed by atoms with Crippen LogP contribution in [0.25, 0.3) is 16.9 Å². The van der Waals surface area contributed by atoms with E-state index >= 15 is 8.78 Å². The van der Waals surface area contributed by atoms with Gasteiger partial charge in [0.1, 0.15) is 22.9 Å². The van der Waals surface area contributed by atoms with Crippen molar-refractivity contribution in [3.05, 3.63) is 58.9 Å². The Morgan fingerprint density at radius 1 is 1.16 bits per heavy atom. The van der Waals surface area contributed by atoms with E-state index < -0.39 is 23.1 Å². The first-order valence-electron chi connectivity index (χ1n) is 12.6. The minimum Gasteiger partial charge on any atom is -0.444 e. The van der Waals surface area contributed by atoms with Gasteiger partial charge in [-0.15, -0.1) is 0 Å². The van der Waals surface area contributed by atoms with Crippen LogP contribution >= 0.6 is 0 Å². The number of carbonyl (C=O) groups excluding carboxylic acids is 2. The molecule has 1 N–H and O–H groups in total. The summed E-state index contributed by atoms with van der Waals surface area (Å²) in [6.45, 7) is 8.53. The highest BCUT2D eigenvalue weighted by atomic mass is 19.1. The van der Waals surface area contributed by atoms with Gasteiger partial charge in [0, 0.05) is 31.9 Å². The molecule has 0 saturated carbocycles. The number of pyridine rings is 1. The zero-order chi connectivity index (χ0) is 26.9. The monoisotopic (exact) mass is 512 g/mol. The molecule has 1 fully saturated rings. The van der Waals surface area contributed by atoms with E-state index in [2.05, 4.69) is 10.3 Å². The molecule has 0 radical (unpaired) electrons. The second-order valence-corrected chi connectivity index (χ2v) is 10.7. The molecule has 1 atom stereocenters. The Kier molecular flexibility index (Phi) is 7.52. The van der Waals surface area contributed by atoms with Crippen molar-refractivity contribution in [2.45, 2.75) is 59.0 Å². The van der Waals surface area contributed by atoms with Crippen LogP contribution < -0.4 is 5.32 Å². The summed E-state index contributed by atoms with van der Waals surface area (Å²) in [5.74, 6) is -2.23. The van der Waals surface area contributed by atoms with Gasteiger partial charge in [0.25, 0.3) is 5.91 Å². The molecule has 7 nitrogen and oxygen atoms in total. The SMILES string of the molecule is CNC(=O)c1cc(F)c(-c2nc3cc(C)ccn3c2CC2CCCCN(C(=O)OC(C)(C)C)C2)c(F)c1. The summed E-state index contributed by atoms with van der Waals surface area (Å²) in [6.07, 6.45) is 4.62. The van der Waals surface area contributed by atoms with Crippen LogP contribution in [0.15, 0.2) is 30.5 Å². The molecule has 37 heavy (non-hydrogen) atoms. The van der Waals surface area contributed by atoms with E-state index in [4.69, 9.17) is 4.74 Å². The van der Waals surface area contributed by atoms with Crippen molar-refractivity contribution >= 4 is 17.6 Å². The van der Waals surface area contributed by atoms with Gasteiger partial charge in [-0.05, 0) is 82.7 Å². The fraction of sp³-hybridized carbons (Fsp3) is 0.464. The molecule has 1 aromatic carbocycles.